The molecule has 1 rings (SSSR count). The van der Waals surface area contributed by atoms with E-state index in [9.17, 15) is 4.79 Å². The zero-order chi connectivity index (χ0) is 14.8. The van der Waals surface area contributed by atoms with Gasteiger partial charge in [-0.05, 0) is 32.4 Å². The molecule has 0 aromatic heterocycles. The first-order valence-electron chi connectivity index (χ1n) is 7.97. The van der Waals surface area contributed by atoms with Gasteiger partial charge < -0.3 is 19.9 Å². The second kappa shape index (κ2) is 10.1. The van der Waals surface area contributed by atoms with Crippen molar-refractivity contribution in [2.75, 3.05) is 52.9 Å². The number of esters is 1. The minimum atomic E-state index is -0.159. The summed E-state index contributed by atoms with van der Waals surface area (Å²) < 4.78 is 4.87. The zero-order valence-corrected chi connectivity index (χ0v) is 13.4. The highest BCUT2D eigenvalue weighted by atomic mass is 16.5. The van der Waals surface area contributed by atoms with Crippen LogP contribution in [-0.4, -0.2) is 74.7 Å². The van der Waals surface area contributed by atoms with Crippen molar-refractivity contribution in [3.05, 3.63) is 0 Å². The topological polar surface area (TPSA) is 44.8 Å². The molecule has 20 heavy (non-hydrogen) atoms. The van der Waals surface area contributed by atoms with Gasteiger partial charge in [-0.25, -0.2) is 0 Å². The van der Waals surface area contributed by atoms with Crippen LogP contribution in [0.25, 0.3) is 0 Å². The Morgan fingerprint density at radius 2 is 1.70 bits per heavy atom. The number of methoxy groups -OCH3 is 1. The SMILES string of the molecule is CCCNC(CCN1CCN(CCC)CC1)C(=O)OC. The lowest BCUT2D eigenvalue weighted by Gasteiger charge is -2.35. The second-order valence-corrected chi connectivity index (χ2v) is 5.50. The maximum atomic E-state index is 11.7. The second-order valence-electron chi connectivity index (χ2n) is 5.50. The van der Waals surface area contributed by atoms with E-state index in [0.717, 1.165) is 52.1 Å². The van der Waals surface area contributed by atoms with Crippen molar-refractivity contribution < 1.29 is 9.53 Å². The number of nitrogens with zero attached hydrogens (tertiary/aromatic N) is 2. The lowest BCUT2D eigenvalue weighted by molar-refractivity contribution is -0.143. The molecule has 0 spiro atoms. The van der Waals surface area contributed by atoms with Crippen molar-refractivity contribution in [3.63, 3.8) is 0 Å². The van der Waals surface area contributed by atoms with E-state index in [2.05, 4.69) is 29.0 Å². The fourth-order valence-electron chi connectivity index (χ4n) is 2.63. The first kappa shape index (κ1) is 17.4. The van der Waals surface area contributed by atoms with Crippen LogP contribution in [0.1, 0.15) is 33.1 Å². The molecule has 1 aliphatic rings. The first-order chi connectivity index (χ1) is 9.71. The minimum absolute atomic E-state index is 0.136. The Morgan fingerprint density at radius 3 is 2.20 bits per heavy atom. The average molecular weight is 285 g/mol. The Labute approximate surface area is 123 Å². The molecule has 0 bridgehead atoms. The number of nitrogens with one attached hydrogen (secondary N) is 1. The maximum absolute atomic E-state index is 11.7. The van der Waals surface area contributed by atoms with Crippen LogP contribution in [0.15, 0.2) is 0 Å². The van der Waals surface area contributed by atoms with E-state index in [1.165, 1.54) is 20.1 Å². The van der Waals surface area contributed by atoms with E-state index in [1.807, 2.05) is 0 Å². The summed E-state index contributed by atoms with van der Waals surface area (Å²) in [5, 5.41) is 3.28. The molecule has 1 unspecified atom stereocenters. The minimum Gasteiger partial charge on any atom is -0.468 e. The summed E-state index contributed by atoms with van der Waals surface area (Å²) in [5.74, 6) is -0.136. The summed E-state index contributed by atoms with van der Waals surface area (Å²) in [7, 11) is 1.46. The summed E-state index contributed by atoms with van der Waals surface area (Å²) in [6, 6.07) is -0.159. The van der Waals surface area contributed by atoms with Gasteiger partial charge >= 0.3 is 5.97 Å². The fourth-order valence-corrected chi connectivity index (χ4v) is 2.63. The average Bonchev–Trinajstić information content (AvgIpc) is 2.48. The van der Waals surface area contributed by atoms with Crippen molar-refractivity contribution in [3.8, 4) is 0 Å². The fraction of sp³-hybridized carbons (Fsp3) is 0.933. The molecule has 1 heterocycles. The quantitative estimate of drug-likeness (QED) is 0.639. The van der Waals surface area contributed by atoms with Gasteiger partial charge in [0.05, 0.1) is 7.11 Å². The van der Waals surface area contributed by atoms with E-state index in [-0.39, 0.29) is 12.0 Å². The van der Waals surface area contributed by atoms with Crippen LogP contribution in [0.5, 0.6) is 0 Å². The molecule has 5 nitrogen and oxygen atoms in total. The highest BCUT2D eigenvalue weighted by molar-refractivity contribution is 5.75. The van der Waals surface area contributed by atoms with E-state index >= 15 is 0 Å². The first-order valence-corrected chi connectivity index (χ1v) is 7.97. The number of piperazine rings is 1. The molecule has 1 saturated heterocycles. The monoisotopic (exact) mass is 285 g/mol. The van der Waals surface area contributed by atoms with Gasteiger partial charge in [-0.3, -0.25) is 4.79 Å². The van der Waals surface area contributed by atoms with Gasteiger partial charge in [0, 0.05) is 32.7 Å². The Morgan fingerprint density at radius 1 is 1.10 bits per heavy atom. The van der Waals surface area contributed by atoms with Gasteiger partial charge in [-0.15, -0.1) is 0 Å². The molecule has 1 aliphatic heterocycles. The molecule has 1 fully saturated rings. The highest BCUT2D eigenvalue weighted by Crippen LogP contribution is 2.05. The van der Waals surface area contributed by atoms with E-state index in [4.69, 9.17) is 4.74 Å². The predicted molar refractivity (Wildman–Crippen MR) is 81.9 cm³/mol. The molecule has 0 aromatic carbocycles. The van der Waals surface area contributed by atoms with Gasteiger partial charge in [0.2, 0.25) is 0 Å². The van der Waals surface area contributed by atoms with Crippen molar-refractivity contribution in [1.29, 1.82) is 0 Å². The van der Waals surface area contributed by atoms with Crippen LogP contribution in [0.4, 0.5) is 0 Å². The molecular weight excluding hydrogens is 254 g/mol. The van der Waals surface area contributed by atoms with E-state index in [0.29, 0.717) is 0 Å². The van der Waals surface area contributed by atoms with Crippen LogP contribution in [0, 0.1) is 0 Å². The Bertz CT molecular complexity index is 266. The number of ether oxygens (including phenoxy) is 1. The molecule has 0 aliphatic carbocycles. The summed E-state index contributed by atoms with van der Waals surface area (Å²) >= 11 is 0. The van der Waals surface area contributed by atoms with E-state index < -0.39 is 0 Å². The third-order valence-electron chi connectivity index (χ3n) is 3.87. The molecule has 0 radical (unpaired) electrons. The normalized spacial score (nSPS) is 18.9. The van der Waals surface area contributed by atoms with Crippen molar-refractivity contribution in [1.82, 2.24) is 15.1 Å². The standard InChI is InChI=1S/C15H31N3O2/c1-4-7-16-14(15(19)20-3)6-9-18-12-10-17(8-5-2)11-13-18/h14,16H,4-13H2,1-3H3. The lowest BCUT2D eigenvalue weighted by atomic mass is 10.1. The molecule has 5 heteroatoms. The summed E-state index contributed by atoms with van der Waals surface area (Å²) in [5.41, 5.74) is 0. The molecule has 1 N–H and O–H groups in total. The van der Waals surface area contributed by atoms with Crippen LogP contribution in [0.2, 0.25) is 0 Å². The summed E-state index contributed by atoms with van der Waals surface area (Å²) in [4.78, 5) is 16.7. The van der Waals surface area contributed by atoms with Crippen molar-refractivity contribution >= 4 is 5.97 Å². The smallest absolute Gasteiger partial charge is 0.322 e. The van der Waals surface area contributed by atoms with Crippen LogP contribution in [-0.2, 0) is 9.53 Å². The van der Waals surface area contributed by atoms with Crippen LogP contribution >= 0.6 is 0 Å². The van der Waals surface area contributed by atoms with Gasteiger partial charge in [-0.1, -0.05) is 13.8 Å². The largest absolute Gasteiger partial charge is 0.468 e. The van der Waals surface area contributed by atoms with Gasteiger partial charge in [0.15, 0.2) is 0 Å². The molecule has 0 aromatic rings. The molecule has 0 saturated carbocycles. The van der Waals surface area contributed by atoms with Gasteiger partial charge in [0.25, 0.3) is 0 Å². The number of carbonyl (C=O) groups is 1. The van der Waals surface area contributed by atoms with Crippen LogP contribution < -0.4 is 5.32 Å². The van der Waals surface area contributed by atoms with Gasteiger partial charge in [0.1, 0.15) is 6.04 Å². The summed E-state index contributed by atoms with van der Waals surface area (Å²) in [6.45, 7) is 11.9. The van der Waals surface area contributed by atoms with E-state index in [1.54, 1.807) is 0 Å². The number of hydrogen-bond acceptors (Lipinski definition) is 5. The molecular formula is C15H31N3O2. The lowest BCUT2D eigenvalue weighted by Crippen LogP contribution is -2.48. The van der Waals surface area contributed by atoms with Crippen molar-refractivity contribution in [2.24, 2.45) is 0 Å². The Balaban J connectivity index is 2.27. The third kappa shape index (κ3) is 6.20. The van der Waals surface area contributed by atoms with Gasteiger partial charge in [-0.2, -0.15) is 0 Å². The number of hydrogen-bond donors (Lipinski definition) is 1. The number of carbonyl (C=O) groups excluding carboxylic acids is 1. The van der Waals surface area contributed by atoms with Crippen LogP contribution in [0.3, 0.4) is 0 Å². The zero-order valence-electron chi connectivity index (χ0n) is 13.4. The van der Waals surface area contributed by atoms with Crippen molar-refractivity contribution in [2.45, 2.75) is 39.2 Å². The summed E-state index contributed by atoms with van der Waals surface area (Å²) in [6.07, 6.45) is 3.09. The molecule has 0 amide bonds. The Hall–Kier alpha value is -0.650. The molecule has 1 atom stereocenters. The maximum Gasteiger partial charge on any atom is 0.322 e. The molecule has 118 valence electrons. The predicted octanol–water partition coefficient (Wildman–Crippen LogP) is 0.945. The Kier molecular flexibility index (Phi) is 8.82. The highest BCUT2D eigenvalue weighted by Gasteiger charge is 2.21. The third-order valence-corrected chi connectivity index (χ3v) is 3.87. The number of rotatable bonds is 9.